The standard InChI is InChI=1S/C28H56O4S/c1-3-5-7-9-11-13-15-17-19-21-23-25-28(27-32-33(29,30)31)26-24-22-20-18-16-14-12-10-8-6-4-2/h23,25,28H,3-22,24,26-27H2,1-2H3,(H,29,30,31)/b25-23+. The van der Waals surface area contributed by atoms with E-state index in [1.807, 2.05) is 0 Å². The fraction of sp³-hybridized carbons (Fsp3) is 0.929. The van der Waals surface area contributed by atoms with Crippen LogP contribution in [0.5, 0.6) is 0 Å². The topological polar surface area (TPSA) is 63.6 Å². The van der Waals surface area contributed by atoms with Gasteiger partial charge in [-0.3, -0.25) is 4.55 Å². The molecule has 1 atom stereocenters. The van der Waals surface area contributed by atoms with Gasteiger partial charge in [-0.1, -0.05) is 148 Å². The minimum Gasteiger partial charge on any atom is -0.264 e. The summed E-state index contributed by atoms with van der Waals surface area (Å²) in [5, 5.41) is 0. The zero-order valence-corrected chi connectivity index (χ0v) is 22.9. The Morgan fingerprint density at radius 1 is 0.636 bits per heavy atom. The van der Waals surface area contributed by atoms with Crippen LogP contribution in [0.2, 0.25) is 0 Å². The Labute approximate surface area is 207 Å². The minimum absolute atomic E-state index is 0.0465. The maximum absolute atomic E-state index is 11.0. The van der Waals surface area contributed by atoms with Crippen molar-refractivity contribution < 1.29 is 17.2 Å². The van der Waals surface area contributed by atoms with Crippen LogP contribution in [0.15, 0.2) is 12.2 Å². The lowest BCUT2D eigenvalue weighted by Gasteiger charge is -2.12. The van der Waals surface area contributed by atoms with Crippen molar-refractivity contribution in [1.29, 1.82) is 0 Å². The van der Waals surface area contributed by atoms with E-state index in [0.717, 1.165) is 19.3 Å². The van der Waals surface area contributed by atoms with Gasteiger partial charge in [0, 0.05) is 5.92 Å². The summed E-state index contributed by atoms with van der Waals surface area (Å²) in [6.07, 6.45) is 32.5. The number of unbranched alkanes of at least 4 members (excludes halogenated alkanes) is 19. The lowest BCUT2D eigenvalue weighted by atomic mass is 9.99. The summed E-state index contributed by atoms with van der Waals surface area (Å²) in [6, 6.07) is 0. The Morgan fingerprint density at radius 3 is 1.45 bits per heavy atom. The molecule has 1 unspecified atom stereocenters. The van der Waals surface area contributed by atoms with E-state index in [0.29, 0.717) is 0 Å². The third-order valence-electron chi connectivity index (χ3n) is 6.49. The van der Waals surface area contributed by atoms with Crippen LogP contribution in [0.3, 0.4) is 0 Å². The molecule has 33 heavy (non-hydrogen) atoms. The molecule has 0 saturated carbocycles. The zero-order chi connectivity index (χ0) is 24.5. The van der Waals surface area contributed by atoms with Crippen LogP contribution in [-0.2, 0) is 14.6 Å². The van der Waals surface area contributed by atoms with Gasteiger partial charge in [0.25, 0.3) is 0 Å². The van der Waals surface area contributed by atoms with Crippen molar-refractivity contribution in [3.05, 3.63) is 12.2 Å². The summed E-state index contributed by atoms with van der Waals surface area (Å²) < 4.78 is 35.5. The maximum atomic E-state index is 11.0. The molecule has 0 fully saturated rings. The highest BCUT2D eigenvalue weighted by molar-refractivity contribution is 7.80. The average Bonchev–Trinajstić information content (AvgIpc) is 2.78. The lowest BCUT2D eigenvalue weighted by molar-refractivity contribution is 0.234. The third-order valence-corrected chi connectivity index (χ3v) is 6.93. The van der Waals surface area contributed by atoms with Crippen molar-refractivity contribution in [2.75, 3.05) is 6.61 Å². The Hall–Kier alpha value is -0.390. The second-order valence-electron chi connectivity index (χ2n) is 9.84. The molecule has 5 heteroatoms. The molecular weight excluding hydrogens is 432 g/mol. The molecule has 0 radical (unpaired) electrons. The second kappa shape index (κ2) is 24.7. The highest BCUT2D eigenvalue weighted by atomic mass is 32.3. The second-order valence-corrected chi connectivity index (χ2v) is 10.9. The third kappa shape index (κ3) is 27.7. The molecule has 0 amide bonds. The van der Waals surface area contributed by atoms with Gasteiger partial charge in [0.1, 0.15) is 0 Å². The average molecular weight is 489 g/mol. The summed E-state index contributed by atoms with van der Waals surface area (Å²) in [6.45, 7) is 4.56. The molecular formula is C28H56O4S. The minimum atomic E-state index is -4.36. The Balaban J connectivity index is 3.87. The summed E-state index contributed by atoms with van der Waals surface area (Å²) in [4.78, 5) is 0. The quantitative estimate of drug-likeness (QED) is 0.0747. The van der Waals surface area contributed by atoms with E-state index in [1.165, 1.54) is 122 Å². The molecule has 198 valence electrons. The van der Waals surface area contributed by atoms with E-state index >= 15 is 0 Å². The van der Waals surface area contributed by atoms with Crippen molar-refractivity contribution in [3.63, 3.8) is 0 Å². The Morgan fingerprint density at radius 2 is 1.03 bits per heavy atom. The largest absolute Gasteiger partial charge is 0.397 e. The van der Waals surface area contributed by atoms with Crippen molar-refractivity contribution in [3.8, 4) is 0 Å². The molecule has 0 spiro atoms. The van der Waals surface area contributed by atoms with Gasteiger partial charge in [0.2, 0.25) is 0 Å². The van der Waals surface area contributed by atoms with Gasteiger partial charge in [-0.05, 0) is 19.3 Å². The predicted molar refractivity (Wildman–Crippen MR) is 143 cm³/mol. The lowest BCUT2D eigenvalue weighted by Crippen LogP contribution is -2.12. The molecule has 0 bridgehead atoms. The van der Waals surface area contributed by atoms with E-state index in [4.69, 9.17) is 4.55 Å². The first-order valence-electron chi connectivity index (χ1n) is 14.3. The normalized spacial score (nSPS) is 13.2. The van der Waals surface area contributed by atoms with Crippen LogP contribution in [0.1, 0.15) is 155 Å². The first-order valence-corrected chi connectivity index (χ1v) is 15.6. The van der Waals surface area contributed by atoms with Crippen LogP contribution in [-0.4, -0.2) is 19.6 Å². The molecule has 1 N–H and O–H groups in total. The van der Waals surface area contributed by atoms with E-state index in [9.17, 15) is 8.42 Å². The Kier molecular flexibility index (Phi) is 24.4. The molecule has 0 aromatic carbocycles. The Bertz CT molecular complexity index is 516. The number of allylic oxidation sites excluding steroid dienone is 1. The molecule has 0 heterocycles. The van der Waals surface area contributed by atoms with E-state index in [1.54, 1.807) is 0 Å². The summed E-state index contributed by atoms with van der Waals surface area (Å²) in [5.41, 5.74) is 0. The highest BCUT2D eigenvalue weighted by Crippen LogP contribution is 2.17. The molecule has 0 aromatic heterocycles. The fourth-order valence-corrected chi connectivity index (χ4v) is 4.69. The van der Waals surface area contributed by atoms with Gasteiger partial charge in [-0.15, -0.1) is 0 Å². The zero-order valence-electron chi connectivity index (χ0n) is 22.1. The van der Waals surface area contributed by atoms with Gasteiger partial charge >= 0.3 is 10.4 Å². The molecule has 0 aromatic rings. The first-order chi connectivity index (χ1) is 16.0. The van der Waals surface area contributed by atoms with E-state index in [2.05, 4.69) is 30.2 Å². The molecule has 0 aliphatic carbocycles. The SMILES string of the molecule is CCCCCCCCCCC/C=C/C(CCCCCCCCCCCCC)COS(=O)(=O)O. The summed E-state index contributed by atoms with van der Waals surface area (Å²) >= 11 is 0. The number of hydrogen-bond donors (Lipinski definition) is 1. The molecule has 0 saturated heterocycles. The van der Waals surface area contributed by atoms with E-state index in [-0.39, 0.29) is 12.5 Å². The molecule has 0 aliphatic heterocycles. The monoisotopic (exact) mass is 488 g/mol. The van der Waals surface area contributed by atoms with Crippen molar-refractivity contribution in [2.45, 2.75) is 155 Å². The van der Waals surface area contributed by atoms with Crippen molar-refractivity contribution in [2.24, 2.45) is 5.92 Å². The number of rotatable bonds is 26. The van der Waals surface area contributed by atoms with Crippen molar-refractivity contribution in [1.82, 2.24) is 0 Å². The van der Waals surface area contributed by atoms with Crippen molar-refractivity contribution >= 4 is 10.4 Å². The van der Waals surface area contributed by atoms with Crippen LogP contribution >= 0.6 is 0 Å². The van der Waals surface area contributed by atoms with Gasteiger partial charge in [-0.25, -0.2) is 4.18 Å². The highest BCUT2D eigenvalue weighted by Gasteiger charge is 2.11. The van der Waals surface area contributed by atoms with Gasteiger partial charge < -0.3 is 0 Å². The molecule has 4 nitrogen and oxygen atoms in total. The van der Waals surface area contributed by atoms with Crippen LogP contribution < -0.4 is 0 Å². The molecule has 0 rings (SSSR count). The van der Waals surface area contributed by atoms with Crippen LogP contribution in [0.25, 0.3) is 0 Å². The molecule has 0 aliphatic rings. The first kappa shape index (κ1) is 32.6. The number of hydrogen-bond acceptors (Lipinski definition) is 3. The summed E-state index contributed by atoms with van der Waals surface area (Å²) in [5.74, 6) is 0.0593. The van der Waals surface area contributed by atoms with Gasteiger partial charge in [0.05, 0.1) is 6.61 Å². The fourth-order valence-electron chi connectivity index (χ4n) is 4.34. The van der Waals surface area contributed by atoms with Crippen LogP contribution in [0.4, 0.5) is 0 Å². The smallest absolute Gasteiger partial charge is 0.264 e. The summed E-state index contributed by atoms with van der Waals surface area (Å²) in [7, 11) is -4.36. The van der Waals surface area contributed by atoms with Gasteiger partial charge in [0.15, 0.2) is 0 Å². The maximum Gasteiger partial charge on any atom is 0.397 e. The van der Waals surface area contributed by atoms with Gasteiger partial charge in [-0.2, -0.15) is 8.42 Å². The van der Waals surface area contributed by atoms with E-state index < -0.39 is 10.4 Å². The predicted octanol–water partition coefficient (Wildman–Crippen LogP) is 9.60. The van der Waals surface area contributed by atoms with Crippen LogP contribution in [0, 0.1) is 5.92 Å².